The van der Waals surface area contributed by atoms with Crippen molar-refractivity contribution in [3.63, 3.8) is 0 Å². The first-order valence-electron chi connectivity index (χ1n) is 4.94. The first-order chi connectivity index (χ1) is 7.26. The molecule has 0 fully saturated rings. The summed E-state index contributed by atoms with van der Waals surface area (Å²) in [6.45, 7) is 0.858. The van der Waals surface area contributed by atoms with Crippen molar-refractivity contribution in [2.45, 2.75) is 17.9 Å². The molecule has 0 aliphatic heterocycles. The second-order valence-electron chi connectivity index (χ2n) is 3.25. The third-order valence-corrected chi connectivity index (χ3v) is 2.95. The van der Waals surface area contributed by atoms with Gasteiger partial charge in [0.05, 0.1) is 0 Å². The van der Waals surface area contributed by atoms with E-state index in [2.05, 4.69) is 5.32 Å². The van der Waals surface area contributed by atoms with Crippen molar-refractivity contribution in [1.29, 1.82) is 0 Å². The molecule has 0 aromatic heterocycles. The molecule has 0 radical (unpaired) electrons. The Hall–Kier alpha value is -0.580. The van der Waals surface area contributed by atoms with E-state index in [4.69, 9.17) is 5.11 Å². The molecule has 0 bridgehead atoms. The molecule has 0 heterocycles. The van der Waals surface area contributed by atoms with Gasteiger partial charge in [-0.2, -0.15) is 0 Å². The van der Waals surface area contributed by atoms with Gasteiger partial charge >= 0.3 is 0 Å². The summed E-state index contributed by atoms with van der Waals surface area (Å²) in [6.07, 6.45) is 0.739. The van der Waals surface area contributed by atoms with Crippen LogP contribution in [0.5, 0.6) is 0 Å². The van der Waals surface area contributed by atoms with E-state index in [-0.39, 0.29) is 12.4 Å². The normalized spacial score (nSPS) is 10.6. The van der Waals surface area contributed by atoms with Gasteiger partial charge in [-0.05, 0) is 37.2 Å². The van der Waals surface area contributed by atoms with Crippen LogP contribution < -0.4 is 5.32 Å². The van der Waals surface area contributed by atoms with Crippen molar-refractivity contribution in [2.24, 2.45) is 0 Å². The third kappa shape index (κ3) is 4.64. The van der Waals surface area contributed by atoms with Gasteiger partial charge in [-0.15, -0.1) is 11.8 Å². The highest BCUT2D eigenvalue weighted by Crippen LogP contribution is 2.21. The Kier molecular flexibility index (Phi) is 5.68. The maximum Gasteiger partial charge on any atom is 0.124 e. The summed E-state index contributed by atoms with van der Waals surface area (Å²) in [7, 11) is 1.84. The van der Waals surface area contributed by atoms with E-state index >= 15 is 0 Å². The topological polar surface area (TPSA) is 32.3 Å². The SMILES string of the molecule is CNCc1cc(F)cc(SCCCO)c1. The summed E-state index contributed by atoms with van der Waals surface area (Å²) in [4.78, 5) is 0.925. The molecule has 15 heavy (non-hydrogen) atoms. The van der Waals surface area contributed by atoms with Gasteiger partial charge in [0.15, 0.2) is 0 Å². The van der Waals surface area contributed by atoms with E-state index in [1.165, 1.54) is 12.1 Å². The van der Waals surface area contributed by atoms with E-state index < -0.39 is 0 Å². The standard InChI is InChI=1S/C11H16FNOS/c1-13-8-9-5-10(12)7-11(6-9)15-4-2-3-14/h5-7,13-14H,2-4,8H2,1H3. The predicted molar refractivity (Wildman–Crippen MR) is 61.6 cm³/mol. The van der Waals surface area contributed by atoms with Gasteiger partial charge in [0.25, 0.3) is 0 Å². The Balaban J connectivity index is 2.62. The van der Waals surface area contributed by atoms with Gasteiger partial charge in [0.1, 0.15) is 5.82 Å². The highest BCUT2D eigenvalue weighted by Gasteiger charge is 2.00. The maximum absolute atomic E-state index is 13.2. The molecule has 0 saturated heterocycles. The molecule has 4 heteroatoms. The largest absolute Gasteiger partial charge is 0.396 e. The maximum atomic E-state index is 13.2. The lowest BCUT2D eigenvalue weighted by atomic mass is 10.2. The van der Waals surface area contributed by atoms with Crippen molar-refractivity contribution in [1.82, 2.24) is 5.32 Å². The molecular weight excluding hydrogens is 213 g/mol. The van der Waals surface area contributed by atoms with Gasteiger partial charge < -0.3 is 10.4 Å². The second-order valence-corrected chi connectivity index (χ2v) is 4.42. The van der Waals surface area contributed by atoms with Crippen LogP contribution in [0.2, 0.25) is 0 Å². The first-order valence-corrected chi connectivity index (χ1v) is 5.92. The Morgan fingerprint density at radius 1 is 1.40 bits per heavy atom. The summed E-state index contributed by atoms with van der Waals surface area (Å²) in [6, 6.07) is 5.04. The van der Waals surface area contributed by atoms with E-state index in [9.17, 15) is 4.39 Å². The van der Waals surface area contributed by atoms with Gasteiger partial charge in [0.2, 0.25) is 0 Å². The van der Waals surface area contributed by atoms with Crippen LogP contribution in [0.1, 0.15) is 12.0 Å². The van der Waals surface area contributed by atoms with Crippen LogP contribution in [0, 0.1) is 5.82 Å². The molecule has 0 atom stereocenters. The van der Waals surface area contributed by atoms with E-state index in [0.29, 0.717) is 6.54 Å². The monoisotopic (exact) mass is 229 g/mol. The van der Waals surface area contributed by atoms with Crippen molar-refractivity contribution < 1.29 is 9.50 Å². The Morgan fingerprint density at radius 3 is 2.87 bits per heavy atom. The van der Waals surface area contributed by atoms with Crippen LogP contribution in [-0.4, -0.2) is 24.5 Å². The Morgan fingerprint density at radius 2 is 2.20 bits per heavy atom. The fourth-order valence-corrected chi connectivity index (χ4v) is 2.20. The highest BCUT2D eigenvalue weighted by molar-refractivity contribution is 7.99. The lowest BCUT2D eigenvalue weighted by molar-refractivity contribution is 0.296. The summed E-state index contributed by atoms with van der Waals surface area (Å²) in [5.74, 6) is 0.619. The van der Waals surface area contributed by atoms with E-state index in [1.54, 1.807) is 11.8 Å². The molecule has 1 rings (SSSR count). The van der Waals surface area contributed by atoms with Gasteiger partial charge in [-0.25, -0.2) is 4.39 Å². The van der Waals surface area contributed by atoms with E-state index in [0.717, 1.165) is 22.6 Å². The van der Waals surface area contributed by atoms with Crippen molar-refractivity contribution in [3.8, 4) is 0 Å². The molecule has 2 N–H and O–H groups in total. The zero-order chi connectivity index (χ0) is 11.1. The lowest BCUT2D eigenvalue weighted by Crippen LogP contribution is -2.05. The molecule has 0 saturated carbocycles. The Labute approximate surface area is 93.9 Å². The van der Waals surface area contributed by atoms with Crippen LogP contribution in [-0.2, 0) is 6.54 Å². The quantitative estimate of drug-likeness (QED) is 0.578. The van der Waals surface area contributed by atoms with Crippen LogP contribution >= 0.6 is 11.8 Å². The molecule has 1 aromatic rings. The van der Waals surface area contributed by atoms with Gasteiger partial charge in [-0.3, -0.25) is 0 Å². The third-order valence-electron chi connectivity index (χ3n) is 1.88. The summed E-state index contributed by atoms with van der Waals surface area (Å²) >= 11 is 1.57. The number of rotatable bonds is 6. The van der Waals surface area contributed by atoms with Crippen LogP contribution in [0.25, 0.3) is 0 Å². The highest BCUT2D eigenvalue weighted by atomic mass is 32.2. The average Bonchev–Trinajstić information content (AvgIpc) is 2.18. The summed E-state index contributed by atoms with van der Waals surface area (Å²) < 4.78 is 13.2. The van der Waals surface area contributed by atoms with Crippen molar-refractivity contribution in [3.05, 3.63) is 29.6 Å². The smallest absolute Gasteiger partial charge is 0.124 e. The number of hydrogen-bond donors (Lipinski definition) is 2. The van der Waals surface area contributed by atoms with E-state index in [1.807, 2.05) is 13.1 Å². The molecule has 2 nitrogen and oxygen atoms in total. The summed E-state index contributed by atoms with van der Waals surface area (Å²) in [5, 5.41) is 11.6. The van der Waals surface area contributed by atoms with Crippen LogP contribution in [0.15, 0.2) is 23.1 Å². The average molecular weight is 229 g/mol. The Bertz CT molecular complexity index is 307. The lowest BCUT2D eigenvalue weighted by Gasteiger charge is -2.05. The molecular formula is C11H16FNOS. The minimum atomic E-state index is -0.200. The number of halogens is 1. The molecule has 1 aromatic carbocycles. The molecule has 0 aliphatic rings. The second kappa shape index (κ2) is 6.82. The molecule has 0 aliphatic carbocycles. The summed E-state index contributed by atoms with van der Waals surface area (Å²) in [5.41, 5.74) is 0.948. The minimum absolute atomic E-state index is 0.186. The molecule has 0 spiro atoms. The van der Waals surface area contributed by atoms with Gasteiger partial charge in [0, 0.05) is 23.8 Å². The van der Waals surface area contributed by atoms with Crippen LogP contribution in [0.4, 0.5) is 4.39 Å². The zero-order valence-corrected chi connectivity index (χ0v) is 9.61. The number of aliphatic hydroxyl groups excluding tert-OH is 1. The predicted octanol–water partition coefficient (Wildman–Crippen LogP) is 2.02. The number of nitrogens with one attached hydrogen (secondary N) is 1. The number of thioether (sulfide) groups is 1. The zero-order valence-electron chi connectivity index (χ0n) is 8.79. The minimum Gasteiger partial charge on any atom is -0.396 e. The molecule has 0 unspecified atom stereocenters. The first kappa shape index (κ1) is 12.5. The molecule has 0 amide bonds. The number of hydrogen-bond acceptors (Lipinski definition) is 3. The number of aliphatic hydroxyl groups is 1. The van der Waals surface area contributed by atoms with Gasteiger partial charge in [-0.1, -0.05) is 0 Å². The fraction of sp³-hybridized carbons (Fsp3) is 0.455. The molecule has 84 valence electrons. The van der Waals surface area contributed by atoms with Crippen molar-refractivity contribution in [2.75, 3.05) is 19.4 Å². The van der Waals surface area contributed by atoms with Crippen LogP contribution in [0.3, 0.4) is 0 Å². The fourth-order valence-electron chi connectivity index (χ4n) is 1.26. The number of benzene rings is 1. The van der Waals surface area contributed by atoms with Crippen molar-refractivity contribution >= 4 is 11.8 Å².